The summed E-state index contributed by atoms with van der Waals surface area (Å²) >= 11 is 0. The van der Waals surface area contributed by atoms with E-state index in [1.807, 2.05) is 25.1 Å². The van der Waals surface area contributed by atoms with Gasteiger partial charge in [-0.1, -0.05) is 30.3 Å². The summed E-state index contributed by atoms with van der Waals surface area (Å²) in [5.41, 5.74) is 1.83. The Morgan fingerprint density at radius 3 is 2.80 bits per heavy atom. The Morgan fingerprint density at radius 1 is 1.20 bits per heavy atom. The quantitative estimate of drug-likeness (QED) is 0.725. The van der Waals surface area contributed by atoms with E-state index in [1.54, 1.807) is 18.3 Å². The van der Waals surface area contributed by atoms with Crippen LogP contribution in [-0.2, 0) is 6.42 Å². The summed E-state index contributed by atoms with van der Waals surface area (Å²) in [5, 5.41) is 9.82. The second kappa shape index (κ2) is 8.05. The predicted octanol–water partition coefficient (Wildman–Crippen LogP) is 2.81. The third kappa shape index (κ3) is 4.63. The Bertz CT molecular complexity index is 803. The van der Waals surface area contributed by atoms with Crippen LogP contribution in [0.4, 0.5) is 10.5 Å². The molecule has 2 N–H and O–H groups in total. The normalized spacial score (nSPS) is 11.7. The van der Waals surface area contributed by atoms with Crippen molar-refractivity contribution >= 4 is 11.7 Å². The van der Waals surface area contributed by atoms with Crippen LogP contribution in [0.15, 0.2) is 61.3 Å². The van der Waals surface area contributed by atoms with Gasteiger partial charge in [0.15, 0.2) is 5.82 Å². The van der Waals surface area contributed by atoms with Crippen LogP contribution in [0.3, 0.4) is 0 Å². The molecule has 0 aliphatic rings. The van der Waals surface area contributed by atoms with Crippen LogP contribution in [0.25, 0.3) is 5.82 Å². The summed E-state index contributed by atoms with van der Waals surface area (Å²) in [5.74, 6) is 0.520. The van der Waals surface area contributed by atoms with Gasteiger partial charge in [-0.3, -0.25) is 0 Å². The monoisotopic (exact) mass is 336 g/mol. The number of benzene rings is 1. The summed E-state index contributed by atoms with van der Waals surface area (Å²) in [7, 11) is 0. The van der Waals surface area contributed by atoms with Crippen molar-refractivity contribution in [3.05, 3.63) is 66.9 Å². The molecule has 0 fully saturated rings. The fraction of sp³-hybridized carbons (Fsp3) is 0.222. The molecule has 7 heteroatoms. The lowest BCUT2D eigenvalue weighted by atomic mass is 10.1. The zero-order valence-electron chi connectivity index (χ0n) is 14.0. The van der Waals surface area contributed by atoms with Crippen molar-refractivity contribution in [3.8, 4) is 5.82 Å². The average Bonchev–Trinajstić information content (AvgIpc) is 3.16. The van der Waals surface area contributed by atoms with Gasteiger partial charge in [0.2, 0.25) is 0 Å². The van der Waals surface area contributed by atoms with Gasteiger partial charge in [0, 0.05) is 12.2 Å². The average molecular weight is 336 g/mol. The number of aromatic nitrogens is 4. The number of nitrogens with one attached hydrogen (secondary N) is 2. The number of amides is 2. The third-order valence-corrected chi connectivity index (χ3v) is 3.76. The first-order chi connectivity index (χ1) is 12.2. The lowest BCUT2D eigenvalue weighted by Gasteiger charge is -2.15. The van der Waals surface area contributed by atoms with Gasteiger partial charge in [-0.15, -0.1) is 0 Å². The Kier molecular flexibility index (Phi) is 5.36. The number of rotatable bonds is 6. The number of nitrogens with zero attached hydrogens (tertiary/aromatic N) is 4. The van der Waals surface area contributed by atoms with E-state index >= 15 is 0 Å². The maximum atomic E-state index is 12.3. The highest BCUT2D eigenvalue weighted by Crippen LogP contribution is 2.15. The van der Waals surface area contributed by atoms with Crippen LogP contribution >= 0.6 is 0 Å². The molecule has 0 bridgehead atoms. The number of anilines is 1. The van der Waals surface area contributed by atoms with Crippen LogP contribution in [0.1, 0.15) is 18.9 Å². The SMILES string of the molecule is CC(CCc1ccccc1)NC(=O)Nc1cccnc1-n1cncn1. The molecule has 2 amide bonds. The number of carbonyl (C=O) groups excluding carboxylic acids is 1. The van der Waals surface area contributed by atoms with Gasteiger partial charge >= 0.3 is 6.03 Å². The molecule has 2 aromatic heterocycles. The maximum absolute atomic E-state index is 12.3. The van der Waals surface area contributed by atoms with Crippen molar-refractivity contribution in [2.45, 2.75) is 25.8 Å². The van der Waals surface area contributed by atoms with Crippen LogP contribution in [0.5, 0.6) is 0 Å². The van der Waals surface area contributed by atoms with Crippen molar-refractivity contribution in [1.82, 2.24) is 25.1 Å². The van der Waals surface area contributed by atoms with Gasteiger partial charge in [-0.25, -0.2) is 19.4 Å². The first kappa shape index (κ1) is 16.6. The molecule has 128 valence electrons. The molecule has 0 saturated carbocycles. The van der Waals surface area contributed by atoms with E-state index in [-0.39, 0.29) is 12.1 Å². The van der Waals surface area contributed by atoms with E-state index in [0.717, 1.165) is 12.8 Å². The minimum Gasteiger partial charge on any atom is -0.335 e. The standard InChI is InChI=1S/C18H20N6O/c1-14(9-10-15-6-3-2-4-7-15)22-18(25)23-16-8-5-11-20-17(16)24-13-19-12-21-24/h2-8,11-14H,9-10H2,1H3,(H2,22,23,25). The van der Waals surface area contributed by atoms with Crippen LogP contribution in [-0.4, -0.2) is 31.8 Å². The fourth-order valence-electron chi connectivity index (χ4n) is 2.48. The van der Waals surface area contributed by atoms with Gasteiger partial charge in [0.05, 0.1) is 5.69 Å². The van der Waals surface area contributed by atoms with E-state index in [4.69, 9.17) is 0 Å². The molecule has 0 spiro atoms. The molecule has 0 saturated heterocycles. The number of carbonyl (C=O) groups is 1. The molecule has 1 unspecified atom stereocenters. The van der Waals surface area contributed by atoms with Crippen LogP contribution in [0, 0.1) is 0 Å². The lowest BCUT2D eigenvalue weighted by Crippen LogP contribution is -2.36. The molecule has 1 atom stereocenters. The molecular formula is C18H20N6O. The van der Waals surface area contributed by atoms with E-state index in [9.17, 15) is 4.79 Å². The number of aryl methyl sites for hydroxylation is 1. The molecule has 0 radical (unpaired) electrons. The Balaban J connectivity index is 1.56. The summed E-state index contributed by atoms with van der Waals surface area (Å²) in [6.45, 7) is 1.99. The van der Waals surface area contributed by atoms with Gasteiger partial charge in [0.25, 0.3) is 0 Å². The topological polar surface area (TPSA) is 84.7 Å². The summed E-state index contributed by atoms with van der Waals surface area (Å²) in [4.78, 5) is 20.4. The maximum Gasteiger partial charge on any atom is 0.319 e. The Labute approximate surface area is 146 Å². The molecule has 0 aliphatic heterocycles. The highest BCUT2D eigenvalue weighted by molar-refractivity contribution is 5.91. The lowest BCUT2D eigenvalue weighted by molar-refractivity contribution is 0.248. The fourth-order valence-corrected chi connectivity index (χ4v) is 2.48. The second-order valence-electron chi connectivity index (χ2n) is 5.74. The number of pyridine rings is 1. The third-order valence-electron chi connectivity index (χ3n) is 3.76. The van der Waals surface area contributed by atoms with Crippen molar-refractivity contribution in [1.29, 1.82) is 0 Å². The minimum absolute atomic E-state index is 0.0479. The largest absolute Gasteiger partial charge is 0.335 e. The minimum atomic E-state index is -0.269. The highest BCUT2D eigenvalue weighted by Gasteiger charge is 2.12. The number of hydrogen-bond donors (Lipinski definition) is 2. The molecule has 3 rings (SSSR count). The number of urea groups is 1. The highest BCUT2D eigenvalue weighted by atomic mass is 16.2. The van der Waals surface area contributed by atoms with Gasteiger partial charge in [-0.2, -0.15) is 5.10 Å². The number of hydrogen-bond acceptors (Lipinski definition) is 4. The molecule has 1 aromatic carbocycles. The second-order valence-corrected chi connectivity index (χ2v) is 5.74. The molecule has 7 nitrogen and oxygen atoms in total. The molecular weight excluding hydrogens is 316 g/mol. The predicted molar refractivity (Wildman–Crippen MR) is 95.5 cm³/mol. The summed E-state index contributed by atoms with van der Waals surface area (Å²) in [6, 6.07) is 13.5. The summed E-state index contributed by atoms with van der Waals surface area (Å²) in [6.07, 6.45) is 6.38. The molecule has 0 aliphatic carbocycles. The van der Waals surface area contributed by atoms with E-state index in [2.05, 4.69) is 37.8 Å². The Morgan fingerprint density at radius 2 is 2.04 bits per heavy atom. The molecule has 2 heterocycles. The Hall–Kier alpha value is -3.22. The smallest absolute Gasteiger partial charge is 0.319 e. The van der Waals surface area contributed by atoms with E-state index < -0.39 is 0 Å². The molecule has 25 heavy (non-hydrogen) atoms. The van der Waals surface area contributed by atoms with Crippen LogP contribution in [0.2, 0.25) is 0 Å². The zero-order valence-corrected chi connectivity index (χ0v) is 14.0. The first-order valence-corrected chi connectivity index (χ1v) is 8.14. The van der Waals surface area contributed by atoms with Crippen molar-refractivity contribution in [2.75, 3.05) is 5.32 Å². The van der Waals surface area contributed by atoms with Gasteiger partial charge in [-0.05, 0) is 37.5 Å². The van der Waals surface area contributed by atoms with Crippen molar-refractivity contribution in [3.63, 3.8) is 0 Å². The van der Waals surface area contributed by atoms with E-state index in [1.165, 1.54) is 22.9 Å². The van der Waals surface area contributed by atoms with E-state index in [0.29, 0.717) is 11.5 Å². The molecule has 3 aromatic rings. The first-order valence-electron chi connectivity index (χ1n) is 8.14. The van der Waals surface area contributed by atoms with Crippen molar-refractivity contribution < 1.29 is 4.79 Å². The van der Waals surface area contributed by atoms with Crippen LogP contribution < -0.4 is 10.6 Å². The van der Waals surface area contributed by atoms with Gasteiger partial charge in [0.1, 0.15) is 12.7 Å². The zero-order chi connectivity index (χ0) is 17.5. The van der Waals surface area contributed by atoms with Crippen molar-refractivity contribution in [2.24, 2.45) is 0 Å². The van der Waals surface area contributed by atoms with Gasteiger partial charge < -0.3 is 10.6 Å². The summed E-state index contributed by atoms with van der Waals surface area (Å²) < 4.78 is 1.51.